The van der Waals surface area contributed by atoms with Gasteiger partial charge in [-0.3, -0.25) is 0 Å². The summed E-state index contributed by atoms with van der Waals surface area (Å²) in [5.41, 5.74) is 6.28. The summed E-state index contributed by atoms with van der Waals surface area (Å²) in [4.78, 5) is 0. The number of rotatable bonds is 2. The minimum Gasteiger partial charge on any atom is -0.0966 e. The van der Waals surface area contributed by atoms with Gasteiger partial charge in [0.15, 0.2) is 0 Å². The van der Waals surface area contributed by atoms with E-state index in [2.05, 4.69) is 24.3 Å². The minimum atomic E-state index is 0.784. The lowest BCUT2D eigenvalue weighted by molar-refractivity contribution is 1.60. The molecule has 3 aromatic carbocycles. The smallest absolute Gasteiger partial charge is 0.0966 e. The Morgan fingerprint density at radius 3 is 0.800 bits per heavy atom. The Morgan fingerprint density at radius 1 is 0.350 bits per heavy atom. The lowest BCUT2D eigenvalue weighted by atomic mass is 9.92. The average molecular weight is 250 g/mol. The zero-order chi connectivity index (χ0) is 13.9. The molecule has 0 unspecified atom stereocenters. The van der Waals surface area contributed by atoms with Crippen LogP contribution in [0.25, 0.3) is 22.3 Å². The van der Waals surface area contributed by atoms with Crippen LogP contribution in [0.15, 0.2) is 72.8 Å². The highest BCUT2D eigenvalue weighted by Gasteiger charge is 2.00. The minimum absolute atomic E-state index is 0.784. The van der Waals surface area contributed by atoms with Gasteiger partial charge in [0.2, 0.25) is 0 Å². The Balaban J connectivity index is 1.91. The van der Waals surface area contributed by atoms with Gasteiger partial charge in [-0.25, -0.2) is 0 Å². The Labute approximate surface area is 122 Å². The zero-order valence-electron chi connectivity index (χ0n) is 11.1. The average Bonchev–Trinajstić information content (AvgIpc) is 2.49. The summed E-state index contributed by atoms with van der Waals surface area (Å²) in [5.74, 6) is 0. The second kappa shape index (κ2) is 5.42. The van der Waals surface area contributed by atoms with Crippen LogP contribution in [0, 0.1) is 0 Å². The molecule has 0 fully saturated rings. The highest BCUT2D eigenvalue weighted by atomic mass is 14.0. The van der Waals surface area contributed by atoms with Crippen molar-refractivity contribution in [2.75, 3.05) is 0 Å². The first kappa shape index (κ1) is 12.8. The molecule has 0 aliphatic carbocycles. The molecule has 90 valence electrons. The van der Waals surface area contributed by atoms with Crippen molar-refractivity contribution in [1.82, 2.24) is 0 Å². The van der Waals surface area contributed by atoms with E-state index in [-0.39, 0.29) is 0 Å². The molecule has 0 heterocycles. The standard InChI is InChI=1S/C18H12B2/c19-17-9-5-15(6-10-17)13-1-2-14(4-3-13)16-7-11-18(20)12-8-16/h1-12H. The Kier molecular flexibility index (Phi) is 3.47. The van der Waals surface area contributed by atoms with Gasteiger partial charge in [0.1, 0.15) is 15.7 Å². The molecule has 0 aliphatic rings. The summed E-state index contributed by atoms with van der Waals surface area (Å²) in [5, 5.41) is 0. The lowest BCUT2D eigenvalue weighted by Gasteiger charge is -2.06. The van der Waals surface area contributed by atoms with E-state index >= 15 is 0 Å². The van der Waals surface area contributed by atoms with Crippen molar-refractivity contribution in [3.63, 3.8) is 0 Å². The maximum absolute atomic E-state index is 5.71. The highest BCUT2D eigenvalue weighted by molar-refractivity contribution is 6.32. The second-order valence-electron chi connectivity index (χ2n) is 4.82. The van der Waals surface area contributed by atoms with Gasteiger partial charge >= 0.3 is 0 Å². The van der Waals surface area contributed by atoms with Crippen molar-refractivity contribution < 1.29 is 0 Å². The third-order valence-corrected chi connectivity index (χ3v) is 3.37. The van der Waals surface area contributed by atoms with Crippen molar-refractivity contribution >= 4 is 26.6 Å². The van der Waals surface area contributed by atoms with Crippen LogP contribution in [-0.4, -0.2) is 15.7 Å². The van der Waals surface area contributed by atoms with Crippen molar-refractivity contribution in [3.05, 3.63) is 72.8 Å². The monoisotopic (exact) mass is 250 g/mol. The van der Waals surface area contributed by atoms with Crippen molar-refractivity contribution in [1.29, 1.82) is 0 Å². The Hall–Kier alpha value is -2.21. The van der Waals surface area contributed by atoms with Crippen LogP contribution >= 0.6 is 0 Å². The van der Waals surface area contributed by atoms with Gasteiger partial charge in [-0.05, 0) is 22.3 Å². The normalized spacial score (nSPS) is 10.4. The van der Waals surface area contributed by atoms with Crippen LogP contribution in [0.1, 0.15) is 0 Å². The molecule has 0 aliphatic heterocycles. The van der Waals surface area contributed by atoms with E-state index < -0.39 is 0 Å². The summed E-state index contributed by atoms with van der Waals surface area (Å²) in [7, 11) is 11.4. The van der Waals surface area contributed by atoms with Crippen molar-refractivity contribution in [3.8, 4) is 22.3 Å². The van der Waals surface area contributed by atoms with Gasteiger partial charge in [-0.15, -0.1) is 0 Å². The van der Waals surface area contributed by atoms with Gasteiger partial charge in [-0.1, -0.05) is 83.7 Å². The molecule has 3 rings (SSSR count). The summed E-state index contributed by atoms with van der Waals surface area (Å²) < 4.78 is 0. The first-order valence-electron chi connectivity index (χ1n) is 6.54. The Morgan fingerprint density at radius 2 is 0.550 bits per heavy atom. The third-order valence-electron chi connectivity index (χ3n) is 3.37. The van der Waals surface area contributed by atoms with E-state index in [4.69, 9.17) is 15.7 Å². The fourth-order valence-electron chi connectivity index (χ4n) is 2.21. The topological polar surface area (TPSA) is 0 Å². The molecule has 0 spiro atoms. The fraction of sp³-hybridized carbons (Fsp3) is 0. The summed E-state index contributed by atoms with van der Waals surface area (Å²) >= 11 is 0. The third kappa shape index (κ3) is 2.70. The molecule has 0 atom stereocenters. The largest absolute Gasteiger partial charge is 0.113 e. The van der Waals surface area contributed by atoms with Crippen molar-refractivity contribution in [2.24, 2.45) is 0 Å². The van der Waals surface area contributed by atoms with E-state index in [1.54, 1.807) is 0 Å². The molecular weight excluding hydrogens is 238 g/mol. The summed E-state index contributed by atoms with van der Waals surface area (Å²) in [6, 6.07) is 24.3. The second-order valence-corrected chi connectivity index (χ2v) is 4.82. The molecule has 0 saturated carbocycles. The van der Waals surface area contributed by atoms with Gasteiger partial charge in [0, 0.05) is 0 Å². The molecular formula is C18H12B2. The van der Waals surface area contributed by atoms with Crippen molar-refractivity contribution in [2.45, 2.75) is 0 Å². The molecule has 4 radical (unpaired) electrons. The van der Waals surface area contributed by atoms with E-state index in [1.807, 2.05) is 48.5 Å². The van der Waals surface area contributed by atoms with E-state index in [1.165, 1.54) is 22.3 Å². The molecule has 0 nitrogen and oxygen atoms in total. The van der Waals surface area contributed by atoms with Crippen LogP contribution in [0.3, 0.4) is 0 Å². The molecule has 3 aromatic rings. The zero-order valence-corrected chi connectivity index (χ0v) is 11.1. The molecule has 0 bridgehead atoms. The quantitative estimate of drug-likeness (QED) is 0.613. The number of hydrogen-bond donors (Lipinski definition) is 0. The molecule has 2 heteroatoms. The number of benzene rings is 3. The predicted molar refractivity (Wildman–Crippen MR) is 88.1 cm³/mol. The van der Waals surface area contributed by atoms with Crippen LogP contribution < -0.4 is 10.9 Å². The Bertz CT molecular complexity index is 631. The van der Waals surface area contributed by atoms with Gasteiger partial charge in [-0.2, -0.15) is 0 Å². The first-order valence-corrected chi connectivity index (χ1v) is 6.54. The molecule has 0 N–H and O–H groups in total. The maximum Gasteiger partial charge on any atom is 0.113 e. The van der Waals surface area contributed by atoms with E-state index in [0.29, 0.717) is 0 Å². The first-order chi connectivity index (χ1) is 9.72. The lowest BCUT2D eigenvalue weighted by Crippen LogP contribution is -1.99. The van der Waals surface area contributed by atoms with Gasteiger partial charge < -0.3 is 0 Å². The van der Waals surface area contributed by atoms with Crippen LogP contribution in [0.5, 0.6) is 0 Å². The molecule has 20 heavy (non-hydrogen) atoms. The highest BCUT2D eigenvalue weighted by Crippen LogP contribution is 2.23. The summed E-state index contributed by atoms with van der Waals surface area (Å²) in [6.07, 6.45) is 0. The summed E-state index contributed by atoms with van der Waals surface area (Å²) in [6.45, 7) is 0. The predicted octanol–water partition coefficient (Wildman–Crippen LogP) is 2.61. The van der Waals surface area contributed by atoms with Gasteiger partial charge in [0.05, 0.1) is 0 Å². The molecule has 0 amide bonds. The molecule has 0 saturated heterocycles. The maximum atomic E-state index is 5.71. The fourth-order valence-corrected chi connectivity index (χ4v) is 2.21. The van der Waals surface area contributed by atoms with Gasteiger partial charge in [0.25, 0.3) is 0 Å². The SMILES string of the molecule is [B]c1ccc(-c2ccc(-c3ccc([B])cc3)cc2)cc1. The van der Waals surface area contributed by atoms with E-state index in [0.717, 1.165) is 10.9 Å². The molecule has 0 aromatic heterocycles. The van der Waals surface area contributed by atoms with Crippen LogP contribution in [-0.2, 0) is 0 Å². The number of hydrogen-bond acceptors (Lipinski definition) is 0. The van der Waals surface area contributed by atoms with Crippen LogP contribution in [0.2, 0.25) is 0 Å². The van der Waals surface area contributed by atoms with E-state index in [9.17, 15) is 0 Å². The van der Waals surface area contributed by atoms with Crippen LogP contribution in [0.4, 0.5) is 0 Å².